The number of ether oxygens (including phenoxy) is 2. The summed E-state index contributed by atoms with van der Waals surface area (Å²) in [5.74, 6) is -0.584. The highest BCUT2D eigenvalue weighted by Crippen LogP contribution is 2.24. The largest absolute Gasteiger partial charge is 0.482 e. The van der Waals surface area contributed by atoms with Crippen LogP contribution in [0, 0.1) is 0 Å². The highest BCUT2D eigenvalue weighted by Gasteiger charge is 2.09. The van der Waals surface area contributed by atoms with Crippen molar-refractivity contribution in [3.8, 4) is 5.75 Å². The van der Waals surface area contributed by atoms with Gasteiger partial charge in [0.25, 0.3) is 5.91 Å². The van der Waals surface area contributed by atoms with Crippen molar-refractivity contribution in [3.63, 3.8) is 0 Å². The molecule has 0 fully saturated rings. The lowest BCUT2D eigenvalue weighted by Crippen LogP contribution is -2.23. The van der Waals surface area contributed by atoms with Crippen LogP contribution in [0.1, 0.15) is 0 Å². The minimum absolute atomic E-state index is 0.274. The summed E-state index contributed by atoms with van der Waals surface area (Å²) in [6.45, 7) is -0.693. The second-order valence-corrected chi connectivity index (χ2v) is 5.25. The second-order valence-electron chi connectivity index (χ2n) is 4.44. The Morgan fingerprint density at radius 2 is 1.70 bits per heavy atom. The fraction of sp³-hybridized carbons (Fsp3) is 0.125. The molecule has 2 aromatic rings. The first-order chi connectivity index (χ1) is 11.0. The summed E-state index contributed by atoms with van der Waals surface area (Å²) >= 11 is 11.6. The van der Waals surface area contributed by atoms with Crippen LogP contribution >= 0.6 is 23.2 Å². The first-order valence-electron chi connectivity index (χ1n) is 6.63. The van der Waals surface area contributed by atoms with Crippen molar-refractivity contribution in [1.82, 2.24) is 0 Å². The summed E-state index contributed by atoms with van der Waals surface area (Å²) in [6.07, 6.45) is 0. The number of amides is 1. The van der Waals surface area contributed by atoms with E-state index in [0.717, 1.165) is 0 Å². The Morgan fingerprint density at radius 3 is 2.39 bits per heavy atom. The van der Waals surface area contributed by atoms with Crippen LogP contribution in [0.15, 0.2) is 48.5 Å². The van der Waals surface area contributed by atoms with Crippen molar-refractivity contribution in [3.05, 3.63) is 58.6 Å². The van der Waals surface area contributed by atoms with Gasteiger partial charge in [0.1, 0.15) is 5.75 Å². The Labute approximate surface area is 143 Å². The normalized spacial score (nSPS) is 10.0. The first-order valence-corrected chi connectivity index (χ1v) is 7.38. The number of para-hydroxylation sites is 1. The van der Waals surface area contributed by atoms with Gasteiger partial charge in [0.2, 0.25) is 0 Å². The molecule has 5 nitrogen and oxygen atoms in total. The van der Waals surface area contributed by atoms with Gasteiger partial charge in [0.05, 0.1) is 10.0 Å². The number of carbonyl (C=O) groups is 2. The maximum absolute atomic E-state index is 11.7. The van der Waals surface area contributed by atoms with Crippen molar-refractivity contribution < 1.29 is 19.1 Å². The lowest BCUT2D eigenvalue weighted by atomic mass is 10.3. The molecule has 1 N–H and O–H groups in total. The van der Waals surface area contributed by atoms with Crippen molar-refractivity contribution in [2.45, 2.75) is 0 Å². The molecule has 0 saturated carbocycles. The quantitative estimate of drug-likeness (QED) is 0.806. The molecule has 0 aliphatic heterocycles. The van der Waals surface area contributed by atoms with Crippen LogP contribution in [0.4, 0.5) is 5.69 Å². The SMILES string of the molecule is O=C(COC(=O)COc1ccccc1)Nc1ccc(Cl)c(Cl)c1. The van der Waals surface area contributed by atoms with Crippen molar-refractivity contribution in [2.24, 2.45) is 0 Å². The zero-order chi connectivity index (χ0) is 16.7. The van der Waals surface area contributed by atoms with Crippen LogP contribution < -0.4 is 10.1 Å². The molecule has 0 aliphatic rings. The van der Waals surface area contributed by atoms with Gasteiger partial charge in [-0.1, -0.05) is 41.4 Å². The second kappa shape index (κ2) is 8.41. The molecule has 0 heterocycles. The monoisotopic (exact) mass is 353 g/mol. The van der Waals surface area contributed by atoms with Gasteiger partial charge in [-0.2, -0.15) is 0 Å². The Hall–Kier alpha value is -2.24. The fourth-order valence-corrected chi connectivity index (χ4v) is 1.92. The first kappa shape index (κ1) is 17.1. The Kier molecular flexibility index (Phi) is 6.26. The van der Waals surface area contributed by atoms with Crippen LogP contribution in [0.2, 0.25) is 10.0 Å². The summed E-state index contributed by atoms with van der Waals surface area (Å²) in [7, 11) is 0. The van der Waals surface area contributed by atoms with E-state index in [9.17, 15) is 9.59 Å². The van der Waals surface area contributed by atoms with Gasteiger partial charge >= 0.3 is 5.97 Å². The molecule has 7 heteroatoms. The highest BCUT2D eigenvalue weighted by atomic mass is 35.5. The van der Waals surface area contributed by atoms with Gasteiger partial charge in [-0.25, -0.2) is 4.79 Å². The molecule has 2 aromatic carbocycles. The average molecular weight is 354 g/mol. The van der Waals surface area contributed by atoms with Crippen LogP contribution in [0.3, 0.4) is 0 Å². The lowest BCUT2D eigenvalue weighted by molar-refractivity contribution is -0.149. The number of hydrogen-bond donors (Lipinski definition) is 1. The van der Waals surface area contributed by atoms with E-state index in [0.29, 0.717) is 21.5 Å². The molecule has 0 atom stereocenters. The maximum atomic E-state index is 11.7. The van der Waals surface area contributed by atoms with Crippen LogP contribution in [-0.4, -0.2) is 25.1 Å². The Morgan fingerprint density at radius 1 is 0.957 bits per heavy atom. The zero-order valence-electron chi connectivity index (χ0n) is 11.9. The van der Waals surface area contributed by atoms with Gasteiger partial charge in [0, 0.05) is 5.69 Å². The molecule has 0 spiro atoms. The molecule has 0 bridgehead atoms. The summed E-state index contributed by atoms with van der Waals surface area (Å²) in [4.78, 5) is 23.2. The van der Waals surface area contributed by atoms with Crippen molar-refractivity contribution in [2.75, 3.05) is 18.5 Å². The molecule has 0 unspecified atom stereocenters. The Balaban J connectivity index is 1.73. The maximum Gasteiger partial charge on any atom is 0.344 e. The number of benzene rings is 2. The van der Waals surface area contributed by atoms with Crippen molar-refractivity contribution >= 4 is 40.8 Å². The van der Waals surface area contributed by atoms with E-state index >= 15 is 0 Å². The third-order valence-corrected chi connectivity index (χ3v) is 3.41. The van der Waals surface area contributed by atoms with Gasteiger partial charge in [-0.3, -0.25) is 4.79 Å². The minimum atomic E-state index is -0.641. The predicted molar refractivity (Wildman–Crippen MR) is 88.0 cm³/mol. The standard InChI is InChI=1S/C16H13Cl2NO4/c17-13-7-6-11(8-14(13)18)19-15(20)9-23-16(21)10-22-12-4-2-1-3-5-12/h1-8H,9-10H2,(H,19,20). The molecule has 0 radical (unpaired) electrons. The number of nitrogens with one attached hydrogen (secondary N) is 1. The minimum Gasteiger partial charge on any atom is -0.482 e. The van der Waals surface area contributed by atoms with Crippen LogP contribution in [0.5, 0.6) is 5.75 Å². The fourth-order valence-electron chi connectivity index (χ4n) is 1.62. The van der Waals surface area contributed by atoms with Gasteiger partial charge in [0.15, 0.2) is 13.2 Å². The third kappa shape index (κ3) is 5.81. The molecule has 2 rings (SSSR count). The summed E-state index contributed by atoms with van der Waals surface area (Å²) in [5, 5.41) is 3.24. The number of halogens is 2. The van der Waals surface area contributed by atoms with Crippen molar-refractivity contribution in [1.29, 1.82) is 0 Å². The van der Waals surface area contributed by atoms with E-state index in [-0.39, 0.29) is 6.61 Å². The lowest BCUT2D eigenvalue weighted by Gasteiger charge is -2.08. The summed E-state index contributed by atoms with van der Waals surface area (Å²) in [6, 6.07) is 13.5. The molecular formula is C16H13Cl2NO4. The number of carbonyl (C=O) groups excluding carboxylic acids is 2. The van der Waals surface area contributed by atoms with E-state index in [2.05, 4.69) is 5.32 Å². The molecule has 0 saturated heterocycles. The molecule has 1 amide bonds. The summed E-state index contributed by atoms with van der Waals surface area (Å²) < 4.78 is 10.0. The van der Waals surface area contributed by atoms with E-state index < -0.39 is 18.5 Å². The van der Waals surface area contributed by atoms with Gasteiger partial charge in [-0.05, 0) is 30.3 Å². The molecule has 23 heavy (non-hydrogen) atoms. The zero-order valence-corrected chi connectivity index (χ0v) is 13.4. The van der Waals surface area contributed by atoms with Crippen LogP contribution in [-0.2, 0) is 14.3 Å². The van der Waals surface area contributed by atoms with E-state index in [1.54, 1.807) is 36.4 Å². The van der Waals surface area contributed by atoms with E-state index in [1.807, 2.05) is 6.07 Å². The number of esters is 1. The molecule has 120 valence electrons. The smallest absolute Gasteiger partial charge is 0.344 e. The number of hydrogen-bond acceptors (Lipinski definition) is 4. The molecule has 0 aliphatic carbocycles. The number of rotatable bonds is 6. The predicted octanol–water partition coefficient (Wildman–Crippen LogP) is 3.55. The Bertz CT molecular complexity index is 692. The number of anilines is 1. The van der Waals surface area contributed by atoms with Crippen LogP contribution in [0.25, 0.3) is 0 Å². The topological polar surface area (TPSA) is 64.6 Å². The highest BCUT2D eigenvalue weighted by molar-refractivity contribution is 6.42. The molecular weight excluding hydrogens is 341 g/mol. The summed E-state index contributed by atoms with van der Waals surface area (Å²) in [5.41, 5.74) is 0.459. The van der Waals surface area contributed by atoms with Gasteiger partial charge in [-0.15, -0.1) is 0 Å². The average Bonchev–Trinajstić information content (AvgIpc) is 2.55. The van der Waals surface area contributed by atoms with E-state index in [1.165, 1.54) is 6.07 Å². The van der Waals surface area contributed by atoms with E-state index in [4.69, 9.17) is 32.7 Å². The van der Waals surface area contributed by atoms with Gasteiger partial charge < -0.3 is 14.8 Å². The third-order valence-electron chi connectivity index (χ3n) is 2.67. The molecule has 0 aromatic heterocycles.